The largest absolute Gasteiger partial charge is 0.455 e. The molecule has 1 spiro atoms. The molecule has 0 saturated heterocycles. The second-order valence-corrected chi connectivity index (χ2v) is 15.6. The van der Waals surface area contributed by atoms with Crippen LogP contribution in [0, 0.1) is 0 Å². The number of furan rings is 1. The van der Waals surface area contributed by atoms with E-state index in [2.05, 4.69) is 216 Å². The molecule has 11 aromatic rings. The zero-order valence-electron chi connectivity index (χ0n) is 31.4. The lowest BCUT2D eigenvalue weighted by Crippen LogP contribution is -2.33. The molecule has 3 heteroatoms. The minimum Gasteiger partial charge on any atom is -0.455 e. The molecule has 2 aromatic heterocycles. The van der Waals surface area contributed by atoms with Crippen LogP contribution in [0.25, 0.3) is 71.7 Å². The van der Waals surface area contributed by atoms with Crippen LogP contribution in [0.3, 0.4) is 0 Å². The van der Waals surface area contributed by atoms with E-state index in [1.165, 1.54) is 72.0 Å². The Balaban J connectivity index is 1.11. The number of benzene rings is 9. The van der Waals surface area contributed by atoms with Crippen LogP contribution in [-0.2, 0) is 5.41 Å². The van der Waals surface area contributed by atoms with Crippen molar-refractivity contribution in [3.05, 3.63) is 229 Å². The molecule has 3 heterocycles. The smallest absolute Gasteiger partial charge is 0.145 e. The summed E-state index contributed by atoms with van der Waals surface area (Å²) < 4.78 is 9.35. The quantitative estimate of drug-likeness (QED) is 0.179. The number of aromatic nitrogens is 1. The van der Waals surface area contributed by atoms with Crippen molar-refractivity contribution in [3.8, 4) is 27.9 Å². The van der Waals surface area contributed by atoms with Gasteiger partial charge in [0, 0.05) is 33.2 Å². The van der Waals surface area contributed by atoms with Gasteiger partial charge in [-0.15, -0.1) is 0 Å². The van der Waals surface area contributed by atoms with Crippen molar-refractivity contribution in [1.82, 2.24) is 4.57 Å². The van der Waals surface area contributed by atoms with Gasteiger partial charge in [0.1, 0.15) is 11.2 Å². The fourth-order valence-corrected chi connectivity index (χ4v) is 10.4. The van der Waals surface area contributed by atoms with Crippen molar-refractivity contribution in [2.75, 3.05) is 4.90 Å². The van der Waals surface area contributed by atoms with Crippen LogP contribution >= 0.6 is 0 Å². The van der Waals surface area contributed by atoms with Gasteiger partial charge in [-0.3, -0.25) is 0 Å². The molecule has 2 aliphatic rings. The first-order valence-corrected chi connectivity index (χ1v) is 20.0. The zero-order chi connectivity index (χ0) is 38.0. The summed E-state index contributed by atoms with van der Waals surface area (Å²) in [6.07, 6.45) is 0. The van der Waals surface area contributed by atoms with E-state index in [9.17, 15) is 0 Å². The van der Waals surface area contributed by atoms with Gasteiger partial charge in [0.2, 0.25) is 0 Å². The monoisotopic (exact) mass is 738 g/mol. The summed E-state index contributed by atoms with van der Waals surface area (Å²) in [5.41, 5.74) is 18.4. The van der Waals surface area contributed by atoms with E-state index in [1.54, 1.807) is 0 Å². The van der Waals surface area contributed by atoms with Crippen molar-refractivity contribution in [3.63, 3.8) is 0 Å². The Morgan fingerprint density at radius 1 is 0.414 bits per heavy atom. The average Bonchev–Trinajstić information content (AvgIpc) is 3.94. The Labute approximate surface area is 335 Å². The van der Waals surface area contributed by atoms with Crippen LogP contribution in [0.1, 0.15) is 22.3 Å². The van der Waals surface area contributed by atoms with Crippen LogP contribution < -0.4 is 4.90 Å². The Morgan fingerprint density at radius 3 is 1.69 bits per heavy atom. The average molecular weight is 739 g/mol. The molecule has 0 unspecified atom stereocenters. The second kappa shape index (κ2) is 11.7. The van der Waals surface area contributed by atoms with E-state index in [0.29, 0.717) is 0 Å². The SMILES string of the molecule is c1ccc(N(c2ccccc2)c2ccc(-c3ccc4c(c3)C3(c5ccccc5-c5ccccc53)c3cc5c6ccccc6oc5c5c6ccccc6n-4c35)cc2)cc1. The fraction of sp³-hybridized carbons (Fsp3) is 0.0182. The van der Waals surface area contributed by atoms with Crippen LogP contribution in [0.4, 0.5) is 17.1 Å². The molecule has 13 rings (SSSR count). The highest BCUT2D eigenvalue weighted by Crippen LogP contribution is 2.62. The van der Waals surface area contributed by atoms with Gasteiger partial charge in [-0.1, -0.05) is 140 Å². The number of nitrogens with zero attached hydrogens (tertiary/aromatic N) is 2. The van der Waals surface area contributed by atoms with Crippen LogP contribution in [0.5, 0.6) is 0 Å². The molecule has 0 radical (unpaired) electrons. The summed E-state index contributed by atoms with van der Waals surface area (Å²) in [4.78, 5) is 2.32. The van der Waals surface area contributed by atoms with Crippen molar-refractivity contribution in [1.29, 1.82) is 0 Å². The highest BCUT2D eigenvalue weighted by Gasteiger charge is 2.51. The van der Waals surface area contributed by atoms with Crippen LogP contribution in [-0.4, -0.2) is 4.57 Å². The molecule has 1 aliphatic carbocycles. The maximum Gasteiger partial charge on any atom is 0.145 e. The van der Waals surface area contributed by atoms with E-state index in [-0.39, 0.29) is 0 Å². The number of hydrogen-bond donors (Lipinski definition) is 0. The molecular weight excluding hydrogens is 705 g/mol. The second-order valence-electron chi connectivity index (χ2n) is 15.6. The molecule has 0 N–H and O–H groups in total. The summed E-state index contributed by atoms with van der Waals surface area (Å²) in [6, 6.07) is 75.4. The van der Waals surface area contributed by atoms with E-state index in [4.69, 9.17) is 4.42 Å². The Bertz CT molecular complexity index is 3360. The summed E-state index contributed by atoms with van der Waals surface area (Å²) in [7, 11) is 0. The van der Waals surface area contributed by atoms with Crippen molar-refractivity contribution in [2.45, 2.75) is 5.41 Å². The van der Waals surface area contributed by atoms with Crippen molar-refractivity contribution >= 4 is 60.8 Å². The fourth-order valence-electron chi connectivity index (χ4n) is 10.4. The van der Waals surface area contributed by atoms with Crippen molar-refractivity contribution < 1.29 is 4.42 Å². The Hall–Kier alpha value is -7.62. The predicted octanol–water partition coefficient (Wildman–Crippen LogP) is 14.5. The van der Waals surface area contributed by atoms with Crippen LogP contribution in [0.2, 0.25) is 0 Å². The molecule has 0 saturated carbocycles. The number of fused-ring (bicyclic) bond motifs is 16. The Morgan fingerprint density at radius 2 is 0.983 bits per heavy atom. The molecule has 1 aliphatic heterocycles. The zero-order valence-corrected chi connectivity index (χ0v) is 31.4. The summed E-state index contributed by atoms with van der Waals surface area (Å²) in [5, 5.41) is 4.67. The maximum absolute atomic E-state index is 6.83. The van der Waals surface area contributed by atoms with Gasteiger partial charge in [0.05, 0.1) is 27.5 Å². The maximum atomic E-state index is 6.83. The topological polar surface area (TPSA) is 21.3 Å². The van der Waals surface area contributed by atoms with Crippen LogP contribution in [0.15, 0.2) is 211 Å². The lowest BCUT2D eigenvalue weighted by Gasteiger charge is -2.40. The van der Waals surface area contributed by atoms with Gasteiger partial charge in [-0.2, -0.15) is 0 Å². The predicted molar refractivity (Wildman–Crippen MR) is 239 cm³/mol. The first-order valence-electron chi connectivity index (χ1n) is 20.0. The van der Waals surface area contributed by atoms with Gasteiger partial charge < -0.3 is 13.9 Å². The summed E-state index contributed by atoms with van der Waals surface area (Å²) in [5.74, 6) is 0. The first kappa shape index (κ1) is 31.6. The number of hydrogen-bond acceptors (Lipinski definition) is 2. The lowest BCUT2D eigenvalue weighted by molar-refractivity contribution is 0.672. The number of rotatable bonds is 4. The van der Waals surface area contributed by atoms with E-state index in [1.807, 2.05) is 0 Å². The molecule has 58 heavy (non-hydrogen) atoms. The van der Waals surface area contributed by atoms with E-state index < -0.39 is 5.41 Å². The van der Waals surface area contributed by atoms with Gasteiger partial charge >= 0.3 is 0 Å². The molecule has 0 atom stereocenters. The molecule has 0 amide bonds. The van der Waals surface area contributed by atoms with Gasteiger partial charge in [0.15, 0.2) is 0 Å². The molecule has 270 valence electrons. The molecule has 0 bridgehead atoms. The Kier molecular flexibility index (Phi) is 6.37. The summed E-state index contributed by atoms with van der Waals surface area (Å²) in [6.45, 7) is 0. The third-order valence-corrected chi connectivity index (χ3v) is 12.8. The molecule has 9 aromatic carbocycles. The molecule has 0 fully saturated rings. The lowest BCUT2D eigenvalue weighted by atomic mass is 9.65. The molecular formula is C55H34N2O. The highest BCUT2D eigenvalue weighted by molar-refractivity contribution is 6.26. The third-order valence-electron chi connectivity index (χ3n) is 12.8. The standard InChI is InChI=1S/C55H34N2O/c1-3-15-37(16-4-1)56(38-17-5-2-6-18-38)39-30-27-35(28-31-39)36-29-32-50-47(33-36)55(45-23-11-7-19-40(45)41-20-8-12-24-46(41)55)48-34-44-42-21-10-14-26-51(42)58-54(44)52-43-22-9-13-25-49(43)57(50)53(48)52/h1-34H. The number of anilines is 3. The highest BCUT2D eigenvalue weighted by atomic mass is 16.3. The van der Waals surface area contributed by atoms with E-state index in [0.717, 1.165) is 39.0 Å². The first-order chi connectivity index (χ1) is 28.8. The normalized spacial score (nSPS) is 13.3. The number of para-hydroxylation sites is 4. The third kappa shape index (κ3) is 4.07. The minimum atomic E-state index is -0.578. The van der Waals surface area contributed by atoms with Gasteiger partial charge in [-0.25, -0.2) is 0 Å². The van der Waals surface area contributed by atoms with Crippen molar-refractivity contribution in [2.24, 2.45) is 0 Å². The molecule has 3 nitrogen and oxygen atoms in total. The van der Waals surface area contributed by atoms with E-state index >= 15 is 0 Å². The van der Waals surface area contributed by atoms with Gasteiger partial charge in [0.25, 0.3) is 0 Å². The van der Waals surface area contributed by atoms with Gasteiger partial charge in [-0.05, 0) is 111 Å². The minimum absolute atomic E-state index is 0.578. The summed E-state index contributed by atoms with van der Waals surface area (Å²) >= 11 is 0.